The fourth-order valence-corrected chi connectivity index (χ4v) is 2.53. The van der Waals surface area contributed by atoms with E-state index in [-0.39, 0.29) is 30.7 Å². The highest BCUT2D eigenvalue weighted by Crippen LogP contribution is 2.22. The van der Waals surface area contributed by atoms with Crippen molar-refractivity contribution < 1.29 is 14.4 Å². The SMILES string of the molecule is Cc1cc(NC(=O)CCCN2C(=O)c3ccccc3C2=O)n[nH]1. The fraction of sp³-hybridized carbons (Fsp3) is 0.250. The smallest absolute Gasteiger partial charge is 0.261 e. The molecule has 7 nitrogen and oxygen atoms in total. The number of aryl methyl sites for hydroxylation is 1. The molecule has 0 saturated heterocycles. The Balaban J connectivity index is 1.52. The number of nitrogens with one attached hydrogen (secondary N) is 2. The topological polar surface area (TPSA) is 95.2 Å². The summed E-state index contributed by atoms with van der Waals surface area (Å²) in [5.74, 6) is -0.329. The second kappa shape index (κ2) is 6.04. The van der Waals surface area contributed by atoms with Gasteiger partial charge in [-0.1, -0.05) is 12.1 Å². The minimum absolute atomic E-state index is 0.201. The van der Waals surface area contributed by atoms with Crippen LogP contribution >= 0.6 is 0 Å². The molecule has 0 atom stereocenters. The van der Waals surface area contributed by atoms with E-state index >= 15 is 0 Å². The Morgan fingerprint density at radius 2 is 1.87 bits per heavy atom. The summed E-state index contributed by atoms with van der Waals surface area (Å²) < 4.78 is 0. The standard InChI is InChI=1S/C16H16N4O3/c1-10-9-13(19-18-10)17-14(21)7-4-8-20-15(22)11-5-2-3-6-12(11)16(20)23/h2-3,5-6,9H,4,7-8H2,1H3,(H2,17,18,19,21). The van der Waals surface area contributed by atoms with E-state index in [0.717, 1.165) is 5.69 Å². The molecular formula is C16H16N4O3. The zero-order valence-electron chi connectivity index (χ0n) is 12.6. The van der Waals surface area contributed by atoms with Crippen LogP contribution in [0.4, 0.5) is 5.82 Å². The van der Waals surface area contributed by atoms with E-state index in [4.69, 9.17) is 0 Å². The van der Waals surface area contributed by atoms with Gasteiger partial charge < -0.3 is 5.32 Å². The Morgan fingerprint density at radius 3 is 2.43 bits per heavy atom. The Hall–Kier alpha value is -2.96. The molecule has 1 aliphatic rings. The Morgan fingerprint density at radius 1 is 1.22 bits per heavy atom. The van der Waals surface area contributed by atoms with Gasteiger partial charge in [-0.25, -0.2) is 0 Å². The molecule has 0 bridgehead atoms. The molecule has 0 aliphatic carbocycles. The summed E-state index contributed by atoms with van der Waals surface area (Å²) in [7, 11) is 0. The number of H-pyrrole nitrogens is 1. The predicted molar refractivity (Wildman–Crippen MR) is 83.0 cm³/mol. The number of fused-ring (bicyclic) bond motifs is 1. The van der Waals surface area contributed by atoms with E-state index in [1.165, 1.54) is 4.90 Å². The molecule has 7 heteroatoms. The van der Waals surface area contributed by atoms with Gasteiger partial charge in [-0.3, -0.25) is 24.4 Å². The van der Waals surface area contributed by atoms with Crippen molar-refractivity contribution in [2.24, 2.45) is 0 Å². The summed E-state index contributed by atoms with van der Waals surface area (Å²) in [6.45, 7) is 2.06. The number of nitrogens with zero attached hydrogens (tertiary/aromatic N) is 2. The largest absolute Gasteiger partial charge is 0.309 e. The summed E-state index contributed by atoms with van der Waals surface area (Å²) in [5.41, 5.74) is 1.70. The molecule has 0 radical (unpaired) electrons. The number of aromatic amines is 1. The fourth-order valence-electron chi connectivity index (χ4n) is 2.53. The van der Waals surface area contributed by atoms with Crippen LogP contribution in [0.3, 0.4) is 0 Å². The second-order valence-corrected chi connectivity index (χ2v) is 5.40. The van der Waals surface area contributed by atoms with Crippen molar-refractivity contribution in [3.63, 3.8) is 0 Å². The Kier molecular flexibility index (Phi) is 3.92. The first-order valence-corrected chi connectivity index (χ1v) is 7.33. The van der Waals surface area contributed by atoms with Gasteiger partial charge in [0.1, 0.15) is 0 Å². The van der Waals surface area contributed by atoms with Crippen LogP contribution in [0.25, 0.3) is 0 Å². The van der Waals surface area contributed by atoms with E-state index in [9.17, 15) is 14.4 Å². The van der Waals surface area contributed by atoms with Crippen molar-refractivity contribution in [1.82, 2.24) is 15.1 Å². The number of carbonyl (C=O) groups excluding carboxylic acids is 3. The maximum absolute atomic E-state index is 12.2. The second-order valence-electron chi connectivity index (χ2n) is 5.40. The van der Waals surface area contributed by atoms with Crippen LogP contribution in [-0.2, 0) is 4.79 Å². The maximum atomic E-state index is 12.2. The van der Waals surface area contributed by atoms with Gasteiger partial charge in [0.25, 0.3) is 11.8 Å². The highest BCUT2D eigenvalue weighted by molar-refractivity contribution is 6.21. The number of rotatable bonds is 5. The number of amides is 3. The van der Waals surface area contributed by atoms with Crippen LogP contribution < -0.4 is 5.32 Å². The highest BCUT2D eigenvalue weighted by Gasteiger charge is 2.34. The molecule has 3 rings (SSSR count). The minimum Gasteiger partial charge on any atom is -0.309 e. The number of anilines is 1. The quantitative estimate of drug-likeness (QED) is 0.822. The van der Waals surface area contributed by atoms with Crippen molar-refractivity contribution in [2.75, 3.05) is 11.9 Å². The van der Waals surface area contributed by atoms with Gasteiger partial charge in [0.05, 0.1) is 11.1 Å². The molecule has 0 saturated carbocycles. The van der Waals surface area contributed by atoms with E-state index in [1.807, 2.05) is 6.92 Å². The van der Waals surface area contributed by atoms with Crippen molar-refractivity contribution in [2.45, 2.75) is 19.8 Å². The third-order valence-electron chi connectivity index (χ3n) is 3.64. The van der Waals surface area contributed by atoms with Crippen molar-refractivity contribution in [1.29, 1.82) is 0 Å². The Bertz CT molecular complexity index is 746. The third kappa shape index (κ3) is 2.98. The lowest BCUT2D eigenvalue weighted by Gasteiger charge is -2.13. The van der Waals surface area contributed by atoms with Gasteiger partial charge in [0.15, 0.2) is 5.82 Å². The lowest BCUT2D eigenvalue weighted by molar-refractivity contribution is -0.116. The summed E-state index contributed by atoms with van der Waals surface area (Å²) in [6, 6.07) is 8.46. The number of hydrogen-bond donors (Lipinski definition) is 2. The molecule has 1 aromatic carbocycles. The average Bonchev–Trinajstić information content (AvgIpc) is 3.04. The first kappa shape index (κ1) is 15.0. The van der Waals surface area contributed by atoms with E-state index in [1.54, 1.807) is 30.3 Å². The summed E-state index contributed by atoms with van der Waals surface area (Å²) >= 11 is 0. The molecule has 0 spiro atoms. The van der Waals surface area contributed by atoms with Crippen LogP contribution in [0.2, 0.25) is 0 Å². The Labute approximate surface area is 132 Å². The molecule has 3 amide bonds. The van der Waals surface area contributed by atoms with E-state index < -0.39 is 0 Å². The monoisotopic (exact) mass is 312 g/mol. The van der Waals surface area contributed by atoms with E-state index in [2.05, 4.69) is 15.5 Å². The van der Waals surface area contributed by atoms with Gasteiger partial charge in [0, 0.05) is 24.7 Å². The van der Waals surface area contributed by atoms with Crippen LogP contribution in [0.5, 0.6) is 0 Å². The van der Waals surface area contributed by atoms with Gasteiger partial charge in [-0.15, -0.1) is 0 Å². The molecular weight excluding hydrogens is 296 g/mol. The summed E-state index contributed by atoms with van der Waals surface area (Å²) in [4.78, 5) is 37.3. The minimum atomic E-state index is -0.297. The first-order chi connectivity index (χ1) is 11.1. The molecule has 0 fully saturated rings. The molecule has 2 N–H and O–H groups in total. The zero-order valence-corrected chi connectivity index (χ0v) is 12.6. The number of benzene rings is 1. The zero-order chi connectivity index (χ0) is 16.4. The lowest BCUT2D eigenvalue weighted by atomic mass is 10.1. The number of imide groups is 1. The van der Waals surface area contributed by atoms with Gasteiger partial charge in [-0.2, -0.15) is 5.10 Å². The van der Waals surface area contributed by atoms with Gasteiger partial charge in [-0.05, 0) is 25.5 Å². The molecule has 2 aromatic rings. The van der Waals surface area contributed by atoms with Gasteiger partial charge >= 0.3 is 0 Å². The molecule has 0 unspecified atom stereocenters. The molecule has 1 aliphatic heterocycles. The predicted octanol–water partition coefficient (Wildman–Crippen LogP) is 1.73. The number of aromatic nitrogens is 2. The summed E-state index contributed by atoms with van der Waals surface area (Å²) in [5, 5.41) is 9.31. The van der Waals surface area contributed by atoms with Gasteiger partial charge in [0.2, 0.25) is 5.91 Å². The van der Waals surface area contributed by atoms with Crippen LogP contribution in [0.15, 0.2) is 30.3 Å². The highest BCUT2D eigenvalue weighted by atomic mass is 16.2. The first-order valence-electron chi connectivity index (χ1n) is 7.33. The number of hydrogen-bond acceptors (Lipinski definition) is 4. The van der Waals surface area contributed by atoms with Crippen molar-refractivity contribution in [3.05, 3.63) is 47.2 Å². The van der Waals surface area contributed by atoms with Crippen molar-refractivity contribution >= 4 is 23.5 Å². The molecule has 2 heterocycles. The molecule has 1 aromatic heterocycles. The number of carbonyl (C=O) groups is 3. The van der Waals surface area contributed by atoms with Crippen LogP contribution in [0.1, 0.15) is 39.3 Å². The molecule has 118 valence electrons. The van der Waals surface area contributed by atoms with E-state index in [0.29, 0.717) is 23.4 Å². The molecule has 23 heavy (non-hydrogen) atoms. The third-order valence-corrected chi connectivity index (χ3v) is 3.64. The average molecular weight is 312 g/mol. The van der Waals surface area contributed by atoms with Crippen LogP contribution in [0, 0.1) is 6.92 Å². The maximum Gasteiger partial charge on any atom is 0.261 e. The van der Waals surface area contributed by atoms with Crippen molar-refractivity contribution in [3.8, 4) is 0 Å². The lowest BCUT2D eigenvalue weighted by Crippen LogP contribution is -2.31. The summed E-state index contributed by atoms with van der Waals surface area (Å²) in [6.07, 6.45) is 0.611. The van der Waals surface area contributed by atoms with Crippen LogP contribution in [-0.4, -0.2) is 39.4 Å². The normalized spacial score (nSPS) is 13.3.